The van der Waals surface area contributed by atoms with Gasteiger partial charge < -0.3 is 4.74 Å². The smallest absolute Gasteiger partial charge is 0.0988 e. The minimum Gasteiger partial charge on any atom is -0.498 e. The molecule has 3 rings (SSSR count). The Balaban J connectivity index is 2.06. The normalized spacial score (nSPS) is 40.5. The summed E-state index contributed by atoms with van der Waals surface area (Å²) in [6, 6.07) is 0. The molecule has 3 aliphatic rings. The van der Waals surface area contributed by atoms with Gasteiger partial charge in [0.05, 0.1) is 12.4 Å². The molecule has 1 heteroatoms. The van der Waals surface area contributed by atoms with Crippen molar-refractivity contribution in [2.45, 2.75) is 32.6 Å². The Bertz CT molecular complexity index is 300. The second-order valence-electron chi connectivity index (χ2n) is 4.90. The molecule has 0 N–H and O–H groups in total. The predicted octanol–water partition coefficient (Wildman–Crippen LogP) is 3.28. The van der Waals surface area contributed by atoms with Crippen molar-refractivity contribution in [2.75, 3.05) is 6.61 Å². The summed E-state index contributed by atoms with van der Waals surface area (Å²) < 4.78 is 5.88. The molecule has 2 aliphatic carbocycles. The number of allylic oxidation sites excluding steroid dienone is 4. The summed E-state index contributed by atoms with van der Waals surface area (Å²) >= 11 is 0. The van der Waals surface area contributed by atoms with Crippen LogP contribution in [0.25, 0.3) is 0 Å². The molecule has 0 saturated carbocycles. The van der Waals surface area contributed by atoms with Crippen LogP contribution in [0.15, 0.2) is 23.5 Å². The highest BCUT2D eigenvalue weighted by atomic mass is 16.5. The Kier molecular flexibility index (Phi) is 1.93. The molecule has 0 radical (unpaired) electrons. The predicted molar refractivity (Wildman–Crippen MR) is 56.7 cm³/mol. The average molecular weight is 190 g/mol. The van der Waals surface area contributed by atoms with Crippen molar-refractivity contribution in [1.82, 2.24) is 0 Å². The first kappa shape index (κ1) is 8.58. The van der Waals surface area contributed by atoms with Gasteiger partial charge in [-0.15, -0.1) is 0 Å². The van der Waals surface area contributed by atoms with Gasteiger partial charge in [-0.2, -0.15) is 0 Å². The molecule has 0 unspecified atom stereocenters. The minimum atomic E-state index is 0.676. The highest BCUT2D eigenvalue weighted by Gasteiger charge is 2.36. The summed E-state index contributed by atoms with van der Waals surface area (Å²) in [5, 5.41) is 0. The lowest BCUT2D eigenvalue weighted by Crippen LogP contribution is -2.30. The summed E-state index contributed by atoms with van der Waals surface area (Å²) in [6.45, 7) is 3.25. The van der Waals surface area contributed by atoms with Gasteiger partial charge in [0.25, 0.3) is 0 Å². The van der Waals surface area contributed by atoms with Gasteiger partial charge in [0.2, 0.25) is 0 Å². The zero-order chi connectivity index (χ0) is 9.54. The lowest BCUT2D eigenvalue weighted by atomic mass is 9.70. The van der Waals surface area contributed by atoms with E-state index >= 15 is 0 Å². The Hall–Kier alpha value is -0.720. The first-order chi connectivity index (χ1) is 6.86. The van der Waals surface area contributed by atoms with Gasteiger partial charge in [-0.1, -0.05) is 19.1 Å². The van der Waals surface area contributed by atoms with E-state index in [0.717, 1.165) is 18.4 Å². The minimum absolute atomic E-state index is 0.676. The summed E-state index contributed by atoms with van der Waals surface area (Å²) in [5.41, 5.74) is 1.66. The number of hydrogen-bond donors (Lipinski definition) is 0. The monoisotopic (exact) mass is 190 g/mol. The second kappa shape index (κ2) is 3.15. The van der Waals surface area contributed by atoms with Crippen molar-refractivity contribution >= 4 is 0 Å². The fourth-order valence-corrected chi connectivity index (χ4v) is 3.24. The second-order valence-corrected chi connectivity index (χ2v) is 4.90. The fourth-order valence-electron chi connectivity index (χ4n) is 3.24. The number of hydrogen-bond acceptors (Lipinski definition) is 1. The molecule has 0 amide bonds. The van der Waals surface area contributed by atoms with Gasteiger partial charge in [0, 0.05) is 11.8 Å². The van der Waals surface area contributed by atoms with E-state index in [-0.39, 0.29) is 0 Å². The van der Waals surface area contributed by atoms with Crippen LogP contribution >= 0.6 is 0 Å². The molecule has 0 aromatic heterocycles. The number of ether oxygens (including phenoxy) is 1. The van der Waals surface area contributed by atoms with Crippen LogP contribution in [0.4, 0.5) is 0 Å². The summed E-state index contributed by atoms with van der Waals surface area (Å²) in [7, 11) is 0. The third kappa shape index (κ3) is 1.14. The van der Waals surface area contributed by atoms with Crippen molar-refractivity contribution < 1.29 is 4.74 Å². The van der Waals surface area contributed by atoms with E-state index in [1.54, 1.807) is 5.57 Å². The van der Waals surface area contributed by atoms with Crippen molar-refractivity contribution in [1.29, 1.82) is 0 Å². The maximum Gasteiger partial charge on any atom is 0.0988 e. The Morgan fingerprint density at radius 3 is 3.14 bits per heavy atom. The molecule has 14 heavy (non-hydrogen) atoms. The van der Waals surface area contributed by atoms with E-state index in [4.69, 9.17) is 4.74 Å². The van der Waals surface area contributed by atoms with Gasteiger partial charge in [0.1, 0.15) is 0 Å². The molecule has 0 saturated heterocycles. The molecule has 0 aromatic rings. The molecule has 0 spiro atoms. The first-order valence-corrected chi connectivity index (χ1v) is 5.89. The summed E-state index contributed by atoms with van der Waals surface area (Å²) in [4.78, 5) is 0. The number of rotatable bonds is 0. The van der Waals surface area contributed by atoms with Crippen molar-refractivity contribution in [3.05, 3.63) is 23.5 Å². The van der Waals surface area contributed by atoms with Crippen LogP contribution in [-0.4, -0.2) is 6.61 Å². The largest absolute Gasteiger partial charge is 0.498 e. The standard InChI is InChI=1S/C13H18O/c1-9-5-6-10-3-2-4-11-7-8-14-13(9)12(10)11/h2,4,9-11H,3,5-8H2,1H3/t9-,10-,11-/m0/s1. The third-order valence-corrected chi connectivity index (χ3v) is 3.99. The molecule has 1 heterocycles. The highest BCUT2D eigenvalue weighted by molar-refractivity contribution is 5.29. The fraction of sp³-hybridized carbons (Fsp3) is 0.692. The van der Waals surface area contributed by atoms with Crippen molar-refractivity contribution in [2.24, 2.45) is 17.8 Å². The molecule has 3 atom stereocenters. The highest BCUT2D eigenvalue weighted by Crippen LogP contribution is 2.46. The molecular formula is C13H18O. The summed E-state index contributed by atoms with van der Waals surface area (Å²) in [6.07, 6.45) is 9.96. The lowest BCUT2D eigenvalue weighted by molar-refractivity contribution is 0.118. The van der Waals surface area contributed by atoms with Gasteiger partial charge in [-0.3, -0.25) is 0 Å². The molecule has 0 aromatic carbocycles. The van der Waals surface area contributed by atoms with E-state index in [1.807, 2.05) is 0 Å². The average Bonchev–Trinajstić information content (AvgIpc) is 2.24. The van der Waals surface area contributed by atoms with Crippen LogP contribution in [0, 0.1) is 17.8 Å². The van der Waals surface area contributed by atoms with Crippen molar-refractivity contribution in [3.8, 4) is 0 Å². The first-order valence-electron chi connectivity index (χ1n) is 5.89. The van der Waals surface area contributed by atoms with Crippen molar-refractivity contribution in [3.63, 3.8) is 0 Å². The van der Waals surface area contributed by atoms with Gasteiger partial charge in [-0.25, -0.2) is 0 Å². The van der Waals surface area contributed by atoms with E-state index in [1.165, 1.54) is 31.4 Å². The van der Waals surface area contributed by atoms with Gasteiger partial charge in [0.15, 0.2) is 0 Å². The zero-order valence-electron chi connectivity index (χ0n) is 8.83. The summed E-state index contributed by atoms with van der Waals surface area (Å²) in [5.74, 6) is 3.58. The Morgan fingerprint density at radius 2 is 2.21 bits per heavy atom. The SMILES string of the molecule is C[C@H]1CC[C@@H]2CC=C[C@H]3CCOC1=C23. The van der Waals surface area contributed by atoms with Crippen LogP contribution < -0.4 is 0 Å². The van der Waals surface area contributed by atoms with Crippen LogP contribution in [0.5, 0.6) is 0 Å². The lowest BCUT2D eigenvalue weighted by Gasteiger charge is -2.40. The van der Waals surface area contributed by atoms with Gasteiger partial charge in [-0.05, 0) is 37.2 Å². The Morgan fingerprint density at radius 1 is 1.29 bits per heavy atom. The maximum absolute atomic E-state index is 5.88. The Labute approximate surface area is 85.8 Å². The van der Waals surface area contributed by atoms with E-state index in [2.05, 4.69) is 19.1 Å². The third-order valence-electron chi connectivity index (χ3n) is 3.99. The molecule has 0 bridgehead atoms. The topological polar surface area (TPSA) is 9.23 Å². The molecule has 1 aliphatic heterocycles. The quantitative estimate of drug-likeness (QED) is 0.533. The van der Waals surface area contributed by atoms with Crippen LogP contribution in [0.1, 0.15) is 32.6 Å². The van der Waals surface area contributed by atoms with E-state index < -0.39 is 0 Å². The van der Waals surface area contributed by atoms with Crippen LogP contribution in [0.2, 0.25) is 0 Å². The molecule has 1 nitrogen and oxygen atoms in total. The molecule has 0 fully saturated rings. The zero-order valence-corrected chi connectivity index (χ0v) is 8.83. The van der Waals surface area contributed by atoms with Gasteiger partial charge >= 0.3 is 0 Å². The molecule has 76 valence electrons. The van der Waals surface area contributed by atoms with E-state index in [9.17, 15) is 0 Å². The van der Waals surface area contributed by atoms with Crippen LogP contribution in [0.3, 0.4) is 0 Å². The molecular weight excluding hydrogens is 172 g/mol. The van der Waals surface area contributed by atoms with Crippen LogP contribution in [-0.2, 0) is 4.74 Å². The van der Waals surface area contributed by atoms with E-state index in [0.29, 0.717) is 5.92 Å². The maximum atomic E-state index is 5.88.